The zero-order chi connectivity index (χ0) is 21.0. The molecule has 150 valence electrons. The normalized spacial score (nSPS) is 12.7. The molecule has 0 atom stereocenters. The zero-order valence-corrected chi connectivity index (χ0v) is 14.2. The van der Waals surface area contributed by atoms with Crippen molar-refractivity contribution >= 4 is 10.9 Å². The van der Waals surface area contributed by atoms with E-state index < -0.39 is 34.7 Å². The first-order chi connectivity index (χ1) is 13.5. The summed E-state index contributed by atoms with van der Waals surface area (Å²) in [5.41, 5.74) is -1.75. The minimum Gasteiger partial charge on any atom is -0.353 e. The van der Waals surface area contributed by atoms with Gasteiger partial charge < -0.3 is 4.98 Å². The first kappa shape index (κ1) is 19.0. The molecule has 0 aliphatic rings. The third kappa shape index (κ3) is 3.57. The number of nitrogens with zero attached hydrogens (tertiary/aromatic N) is 1. The van der Waals surface area contributed by atoms with Crippen LogP contribution in [-0.4, -0.2) is 15.2 Å². The number of rotatable bonds is 2. The number of aromatic amines is 2. The molecular formula is C19H10F7N3. The number of hydrogen-bond donors (Lipinski definition) is 2. The summed E-state index contributed by atoms with van der Waals surface area (Å²) in [4.78, 5) is 2.58. The lowest BCUT2D eigenvalue weighted by Gasteiger charge is -2.12. The molecule has 0 saturated heterocycles. The molecule has 0 saturated carbocycles. The van der Waals surface area contributed by atoms with E-state index in [1.54, 1.807) is 0 Å². The topological polar surface area (TPSA) is 44.5 Å². The van der Waals surface area contributed by atoms with E-state index in [0.29, 0.717) is 17.3 Å². The first-order valence-electron chi connectivity index (χ1n) is 8.15. The van der Waals surface area contributed by atoms with E-state index in [-0.39, 0.29) is 23.0 Å². The van der Waals surface area contributed by atoms with E-state index >= 15 is 0 Å². The van der Waals surface area contributed by atoms with Crippen molar-refractivity contribution in [1.82, 2.24) is 15.2 Å². The summed E-state index contributed by atoms with van der Waals surface area (Å²) in [6, 6.07) is 8.72. The maximum Gasteiger partial charge on any atom is 0.417 e. The summed E-state index contributed by atoms with van der Waals surface area (Å²) in [5, 5.41) is 6.25. The quantitative estimate of drug-likeness (QED) is 0.367. The lowest BCUT2D eigenvalue weighted by atomic mass is 10.0. The van der Waals surface area contributed by atoms with Gasteiger partial charge in [0.15, 0.2) is 0 Å². The van der Waals surface area contributed by atoms with Gasteiger partial charge in [-0.05, 0) is 48.5 Å². The van der Waals surface area contributed by atoms with Crippen LogP contribution in [0.3, 0.4) is 0 Å². The van der Waals surface area contributed by atoms with Crippen molar-refractivity contribution in [3.05, 3.63) is 65.5 Å². The minimum atomic E-state index is -4.97. The zero-order valence-electron chi connectivity index (χ0n) is 14.2. The molecule has 0 unspecified atom stereocenters. The van der Waals surface area contributed by atoms with Gasteiger partial charge in [-0.2, -0.15) is 31.4 Å². The highest BCUT2D eigenvalue weighted by atomic mass is 19.4. The monoisotopic (exact) mass is 413 g/mol. The van der Waals surface area contributed by atoms with E-state index in [4.69, 9.17) is 0 Å². The van der Waals surface area contributed by atoms with E-state index in [1.807, 2.05) is 0 Å². The van der Waals surface area contributed by atoms with Gasteiger partial charge in [-0.3, -0.25) is 5.10 Å². The lowest BCUT2D eigenvalue weighted by molar-refractivity contribution is -0.142. The number of nitrogens with one attached hydrogen (secondary N) is 2. The molecule has 0 spiro atoms. The molecule has 0 bridgehead atoms. The maximum absolute atomic E-state index is 13.3. The van der Waals surface area contributed by atoms with Crippen molar-refractivity contribution < 1.29 is 30.7 Å². The number of hydrogen-bond acceptors (Lipinski definition) is 1. The molecule has 0 amide bonds. The van der Waals surface area contributed by atoms with Gasteiger partial charge in [0.1, 0.15) is 5.82 Å². The fraction of sp³-hybridized carbons (Fsp3) is 0.105. The number of benzene rings is 2. The molecule has 0 radical (unpaired) electrons. The summed E-state index contributed by atoms with van der Waals surface area (Å²) in [7, 11) is 0. The highest BCUT2D eigenvalue weighted by molar-refractivity contribution is 5.89. The van der Waals surface area contributed by atoms with E-state index in [0.717, 1.165) is 6.07 Å². The summed E-state index contributed by atoms with van der Waals surface area (Å²) < 4.78 is 92.0. The SMILES string of the molecule is Fc1ccc(-c2cc(-c3cc4c(C(F)(F)F)cc(C(F)(F)F)cc4[nH]3)[nH]n2)cc1. The van der Waals surface area contributed by atoms with Crippen LogP contribution in [0.4, 0.5) is 30.7 Å². The van der Waals surface area contributed by atoms with E-state index in [1.165, 1.54) is 30.3 Å². The van der Waals surface area contributed by atoms with E-state index in [9.17, 15) is 30.7 Å². The number of alkyl halides is 6. The van der Waals surface area contributed by atoms with Crippen LogP contribution in [0.15, 0.2) is 48.5 Å². The highest BCUT2D eigenvalue weighted by Crippen LogP contribution is 2.41. The van der Waals surface area contributed by atoms with Crippen molar-refractivity contribution in [2.24, 2.45) is 0 Å². The average molecular weight is 413 g/mol. The Bertz CT molecular complexity index is 1180. The van der Waals surface area contributed by atoms with Crippen molar-refractivity contribution in [2.45, 2.75) is 12.4 Å². The second-order valence-electron chi connectivity index (χ2n) is 6.34. The third-order valence-corrected chi connectivity index (χ3v) is 4.38. The van der Waals surface area contributed by atoms with Crippen LogP contribution in [-0.2, 0) is 12.4 Å². The lowest BCUT2D eigenvalue weighted by Crippen LogP contribution is -2.10. The Balaban J connectivity index is 1.83. The van der Waals surface area contributed by atoms with Gasteiger partial charge >= 0.3 is 12.4 Å². The Hall–Kier alpha value is -3.30. The van der Waals surface area contributed by atoms with Crippen LogP contribution in [0, 0.1) is 5.82 Å². The summed E-state index contributed by atoms with van der Waals surface area (Å²) in [6.07, 6.45) is -9.89. The van der Waals surface area contributed by atoms with Crippen LogP contribution >= 0.6 is 0 Å². The van der Waals surface area contributed by atoms with Gasteiger partial charge in [0.05, 0.1) is 28.2 Å². The number of halogens is 7. The molecule has 0 aliphatic carbocycles. The average Bonchev–Trinajstić information content (AvgIpc) is 3.26. The van der Waals surface area contributed by atoms with Gasteiger partial charge in [0.2, 0.25) is 0 Å². The Morgan fingerprint density at radius 2 is 1.45 bits per heavy atom. The molecule has 2 aromatic carbocycles. The van der Waals surface area contributed by atoms with Crippen LogP contribution in [0.5, 0.6) is 0 Å². The van der Waals surface area contributed by atoms with Crippen LogP contribution in [0.2, 0.25) is 0 Å². The van der Waals surface area contributed by atoms with Crippen LogP contribution in [0.1, 0.15) is 11.1 Å². The number of fused-ring (bicyclic) bond motifs is 1. The van der Waals surface area contributed by atoms with Crippen LogP contribution < -0.4 is 0 Å². The molecule has 0 fully saturated rings. The Labute approximate surface area is 158 Å². The van der Waals surface area contributed by atoms with Crippen molar-refractivity contribution in [3.63, 3.8) is 0 Å². The fourth-order valence-corrected chi connectivity index (χ4v) is 3.01. The molecule has 4 rings (SSSR count). The largest absolute Gasteiger partial charge is 0.417 e. The number of H-pyrrole nitrogens is 2. The molecular weight excluding hydrogens is 403 g/mol. The van der Waals surface area contributed by atoms with Gasteiger partial charge in [-0.25, -0.2) is 4.39 Å². The molecule has 2 aromatic heterocycles. The fourth-order valence-electron chi connectivity index (χ4n) is 3.01. The van der Waals surface area contributed by atoms with Crippen LogP contribution in [0.25, 0.3) is 33.5 Å². The Kier molecular flexibility index (Phi) is 4.18. The van der Waals surface area contributed by atoms with Crippen molar-refractivity contribution in [3.8, 4) is 22.6 Å². The molecule has 0 aliphatic heterocycles. The standard InChI is InChI=1S/C19H10F7N3/c20-11-3-1-9(2-4-11)14-8-17(29-28-14)16-7-12-13(19(24,25)26)5-10(18(21,22)23)6-15(12)27-16/h1-8,27H,(H,28,29). The van der Waals surface area contributed by atoms with Gasteiger partial charge in [-0.15, -0.1) is 0 Å². The summed E-state index contributed by atoms with van der Waals surface area (Å²) >= 11 is 0. The molecule has 3 nitrogen and oxygen atoms in total. The third-order valence-electron chi connectivity index (χ3n) is 4.38. The van der Waals surface area contributed by atoms with Crippen molar-refractivity contribution in [2.75, 3.05) is 0 Å². The minimum absolute atomic E-state index is 0.0941. The van der Waals surface area contributed by atoms with Gasteiger partial charge in [0, 0.05) is 16.5 Å². The van der Waals surface area contributed by atoms with E-state index in [2.05, 4.69) is 15.2 Å². The molecule has 2 N–H and O–H groups in total. The Morgan fingerprint density at radius 3 is 2.07 bits per heavy atom. The maximum atomic E-state index is 13.3. The predicted octanol–water partition coefficient (Wildman–Crippen LogP) is 6.40. The predicted molar refractivity (Wildman–Crippen MR) is 91.3 cm³/mol. The van der Waals surface area contributed by atoms with Gasteiger partial charge in [0.25, 0.3) is 0 Å². The second-order valence-corrected chi connectivity index (χ2v) is 6.34. The molecule has 4 aromatic rings. The first-order valence-corrected chi connectivity index (χ1v) is 8.15. The van der Waals surface area contributed by atoms with Crippen molar-refractivity contribution in [1.29, 1.82) is 0 Å². The summed E-state index contributed by atoms with van der Waals surface area (Å²) in [6.45, 7) is 0. The smallest absolute Gasteiger partial charge is 0.353 e. The Morgan fingerprint density at radius 1 is 0.759 bits per heavy atom. The second kappa shape index (κ2) is 6.36. The number of aromatic nitrogens is 3. The van der Waals surface area contributed by atoms with Gasteiger partial charge in [-0.1, -0.05) is 0 Å². The highest BCUT2D eigenvalue weighted by Gasteiger charge is 2.38. The molecule has 10 heteroatoms. The molecule has 2 heterocycles. The summed E-state index contributed by atoms with van der Waals surface area (Å²) in [5.74, 6) is -0.444. The molecule has 29 heavy (non-hydrogen) atoms.